The Morgan fingerprint density at radius 2 is 2.20 bits per heavy atom. The van der Waals surface area contributed by atoms with Gasteiger partial charge in [-0.05, 0) is 19.8 Å². The number of nitrogens with zero attached hydrogens (tertiary/aromatic N) is 1. The third kappa shape index (κ3) is 2.06. The summed E-state index contributed by atoms with van der Waals surface area (Å²) in [5.41, 5.74) is 6.17. The maximum absolute atomic E-state index is 9.61. The summed E-state index contributed by atoms with van der Waals surface area (Å²) in [6.07, 6.45) is 4.09. The molecule has 0 bridgehead atoms. The minimum Gasteiger partial charge on any atom is -0.442 e. The molecule has 2 rings (SSSR count). The number of aliphatic hydroxyl groups is 1. The summed E-state index contributed by atoms with van der Waals surface area (Å²) >= 11 is 0. The van der Waals surface area contributed by atoms with E-state index in [0.717, 1.165) is 24.4 Å². The van der Waals surface area contributed by atoms with E-state index >= 15 is 0 Å². The number of rotatable bonds is 3. The van der Waals surface area contributed by atoms with Gasteiger partial charge in [-0.25, -0.2) is 4.98 Å². The molecule has 1 fully saturated rings. The number of aromatic nitrogens is 1. The van der Waals surface area contributed by atoms with Crippen LogP contribution in [0.3, 0.4) is 0 Å². The minimum absolute atomic E-state index is 0.181. The zero-order valence-electron chi connectivity index (χ0n) is 9.07. The molecule has 1 atom stereocenters. The van der Waals surface area contributed by atoms with E-state index in [1.807, 2.05) is 6.92 Å². The van der Waals surface area contributed by atoms with Gasteiger partial charge in [0.15, 0.2) is 11.7 Å². The second-order valence-electron chi connectivity index (χ2n) is 4.23. The molecule has 1 heterocycles. The zero-order valence-corrected chi connectivity index (χ0v) is 9.07. The normalized spacial score (nSPS) is 19.7. The van der Waals surface area contributed by atoms with Gasteiger partial charge < -0.3 is 15.3 Å². The van der Waals surface area contributed by atoms with Crippen LogP contribution in [0.25, 0.3) is 0 Å². The Balaban J connectivity index is 2.20. The molecule has 3 N–H and O–H groups in total. The fourth-order valence-electron chi connectivity index (χ4n) is 2.19. The lowest BCUT2D eigenvalue weighted by atomic mass is 10.1. The average molecular weight is 210 g/mol. The van der Waals surface area contributed by atoms with Crippen LogP contribution in [0.1, 0.15) is 55.1 Å². The van der Waals surface area contributed by atoms with E-state index in [0.29, 0.717) is 11.7 Å². The number of hydrogen-bond donors (Lipinski definition) is 2. The second kappa shape index (κ2) is 4.33. The van der Waals surface area contributed by atoms with Crippen LogP contribution in [0.2, 0.25) is 0 Å². The highest BCUT2D eigenvalue weighted by Crippen LogP contribution is 2.35. The molecule has 4 heteroatoms. The molecule has 1 aromatic heterocycles. The lowest BCUT2D eigenvalue weighted by Gasteiger charge is -2.04. The molecule has 0 radical (unpaired) electrons. The van der Waals surface area contributed by atoms with Crippen LogP contribution in [0.5, 0.6) is 0 Å². The molecule has 0 aromatic carbocycles. The molecule has 1 unspecified atom stereocenters. The Hall–Kier alpha value is -0.870. The SMILES string of the molecule is Cc1nc(C2CCCC2)oc1C(O)CN. The van der Waals surface area contributed by atoms with Gasteiger partial charge in [0, 0.05) is 12.5 Å². The first-order chi connectivity index (χ1) is 7.22. The maximum atomic E-state index is 9.61. The molecule has 1 aliphatic rings. The van der Waals surface area contributed by atoms with Crippen molar-refractivity contribution in [2.45, 2.75) is 44.6 Å². The van der Waals surface area contributed by atoms with Gasteiger partial charge in [0.25, 0.3) is 0 Å². The topological polar surface area (TPSA) is 72.3 Å². The van der Waals surface area contributed by atoms with E-state index in [-0.39, 0.29) is 6.54 Å². The van der Waals surface area contributed by atoms with Gasteiger partial charge in [-0.15, -0.1) is 0 Å². The van der Waals surface area contributed by atoms with Gasteiger partial charge in [0.2, 0.25) is 0 Å². The van der Waals surface area contributed by atoms with Crippen molar-refractivity contribution in [3.8, 4) is 0 Å². The van der Waals surface area contributed by atoms with Crippen molar-refractivity contribution in [1.29, 1.82) is 0 Å². The number of oxazole rings is 1. The quantitative estimate of drug-likeness (QED) is 0.795. The maximum Gasteiger partial charge on any atom is 0.197 e. The lowest BCUT2D eigenvalue weighted by molar-refractivity contribution is 0.154. The first kappa shape index (κ1) is 10.6. The molecule has 1 aliphatic carbocycles. The van der Waals surface area contributed by atoms with E-state index in [1.54, 1.807) is 0 Å². The average Bonchev–Trinajstić information content (AvgIpc) is 2.84. The molecule has 15 heavy (non-hydrogen) atoms. The van der Waals surface area contributed by atoms with Crippen molar-refractivity contribution in [3.05, 3.63) is 17.3 Å². The highest BCUT2D eigenvalue weighted by molar-refractivity contribution is 5.13. The summed E-state index contributed by atoms with van der Waals surface area (Å²) in [6.45, 7) is 2.04. The number of hydrogen-bond acceptors (Lipinski definition) is 4. The number of aryl methyl sites for hydroxylation is 1. The predicted octanol–water partition coefficient (Wildman–Crippen LogP) is 1.63. The van der Waals surface area contributed by atoms with Crippen LogP contribution in [-0.4, -0.2) is 16.6 Å². The van der Waals surface area contributed by atoms with Crippen molar-refractivity contribution in [3.63, 3.8) is 0 Å². The smallest absolute Gasteiger partial charge is 0.197 e. The second-order valence-corrected chi connectivity index (χ2v) is 4.23. The fourth-order valence-corrected chi connectivity index (χ4v) is 2.19. The monoisotopic (exact) mass is 210 g/mol. The third-order valence-electron chi connectivity index (χ3n) is 3.08. The third-order valence-corrected chi connectivity index (χ3v) is 3.08. The van der Waals surface area contributed by atoms with Crippen molar-refractivity contribution in [2.75, 3.05) is 6.54 Å². The summed E-state index contributed by atoms with van der Waals surface area (Å²) in [5.74, 6) is 1.77. The predicted molar refractivity (Wildman–Crippen MR) is 56.5 cm³/mol. The largest absolute Gasteiger partial charge is 0.442 e. The number of aliphatic hydroxyl groups excluding tert-OH is 1. The molecule has 1 saturated carbocycles. The van der Waals surface area contributed by atoms with Crippen LogP contribution in [0, 0.1) is 6.92 Å². The Labute approximate surface area is 89.5 Å². The standard InChI is InChI=1S/C11H18N2O2/c1-7-10(9(14)6-12)15-11(13-7)8-4-2-3-5-8/h8-9,14H,2-6,12H2,1H3. The molecule has 0 aliphatic heterocycles. The van der Waals surface area contributed by atoms with E-state index < -0.39 is 6.10 Å². The first-order valence-corrected chi connectivity index (χ1v) is 5.57. The highest BCUT2D eigenvalue weighted by atomic mass is 16.4. The van der Waals surface area contributed by atoms with E-state index in [9.17, 15) is 5.11 Å². The van der Waals surface area contributed by atoms with Crippen LogP contribution in [0.15, 0.2) is 4.42 Å². The van der Waals surface area contributed by atoms with Crippen LogP contribution in [0.4, 0.5) is 0 Å². The lowest BCUT2D eigenvalue weighted by Crippen LogP contribution is -2.11. The minimum atomic E-state index is -0.715. The summed E-state index contributed by atoms with van der Waals surface area (Å²) in [4.78, 5) is 4.38. The molecular weight excluding hydrogens is 192 g/mol. The Bertz CT molecular complexity index is 329. The Kier molecular flexibility index (Phi) is 3.07. The Morgan fingerprint density at radius 1 is 1.53 bits per heavy atom. The molecule has 4 nitrogen and oxygen atoms in total. The zero-order chi connectivity index (χ0) is 10.8. The van der Waals surface area contributed by atoms with E-state index in [4.69, 9.17) is 10.2 Å². The Morgan fingerprint density at radius 3 is 2.80 bits per heavy atom. The summed E-state index contributed by atoms with van der Waals surface area (Å²) < 4.78 is 5.61. The van der Waals surface area contributed by atoms with Crippen molar-refractivity contribution >= 4 is 0 Å². The highest BCUT2D eigenvalue weighted by Gasteiger charge is 2.24. The van der Waals surface area contributed by atoms with Gasteiger partial charge in [-0.3, -0.25) is 0 Å². The molecule has 0 amide bonds. The molecule has 0 spiro atoms. The number of nitrogens with two attached hydrogens (primary N) is 1. The van der Waals surface area contributed by atoms with Gasteiger partial charge in [0.1, 0.15) is 6.10 Å². The van der Waals surface area contributed by atoms with Gasteiger partial charge in [-0.2, -0.15) is 0 Å². The van der Waals surface area contributed by atoms with E-state index in [2.05, 4.69) is 4.98 Å². The van der Waals surface area contributed by atoms with Crippen molar-refractivity contribution in [2.24, 2.45) is 5.73 Å². The molecule has 1 aromatic rings. The molecular formula is C11H18N2O2. The van der Waals surface area contributed by atoms with Crippen LogP contribution in [-0.2, 0) is 0 Å². The summed E-state index contributed by atoms with van der Waals surface area (Å²) in [7, 11) is 0. The van der Waals surface area contributed by atoms with Gasteiger partial charge in [-0.1, -0.05) is 12.8 Å². The van der Waals surface area contributed by atoms with Crippen LogP contribution < -0.4 is 5.73 Å². The fraction of sp³-hybridized carbons (Fsp3) is 0.727. The van der Waals surface area contributed by atoms with Gasteiger partial charge in [0.05, 0.1) is 5.69 Å². The van der Waals surface area contributed by atoms with Crippen LogP contribution >= 0.6 is 0 Å². The van der Waals surface area contributed by atoms with Crippen molar-refractivity contribution < 1.29 is 9.52 Å². The van der Waals surface area contributed by atoms with Crippen molar-refractivity contribution in [1.82, 2.24) is 4.98 Å². The summed E-state index contributed by atoms with van der Waals surface area (Å²) in [6, 6.07) is 0. The van der Waals surface area contributed by atoms with E-state index in [1.165, 1.54) is 12.8 Å². The molecule has 0 saturated heterocycles. The van der Waals surface area contributed by atoms with Gasteiger partial charge >= 0.3 is 0 Å². The first-order valence-electron chi connectivity index (χ1n) is 5.57. The summed E-state index contributed by atoms with van der Waals surface area (Å²) in [5, 5.41) is 9.61. The molecule has 84 valence electrons.